The molecule has 1 N–H and O–H groups in total. The Morgan fingerprint density at radius 1 is 1.57 bits per heavy atom. The highest BCUT2D eigenvalue weighted by Gasteiger charge is 2.32. The van der Waals surface area contributed by atoms with E-state index in [0.717, 1.165) is 4.47 Å². The summed E-state index contributed by atoms with van der Waals surface area (Å²) in [5, 5.41) is 18.7. The van der Waals surface area contributed by atoms with E-state index in [1.165, 1.54) is 0 Å². The first-order valence-electron chi connectivity index (χ1n) is 3.92. The second-order valence-electron chi connectivity index (χ2n) is 3.51. The number of aliphatic hydroxyl groups excluding tert-OH is 1. The molecule has 0 aromatic carbocycles. The van der Waals surface area contributed by atoms with Crippen LogP contribution in [-0.4, -0.2) is 5.11 Å². The molecule has 1 unspecified atom stereocenters. The minimum Gasteiger partial charge on any atom is -0.450 e. The highest BCUT2D eigenvalue weighted by molar-refractivity contribution is 9.13. The van der Waals surface area contributed by atoms with E-state index in [2.05, 4.69) is 31.9 Å². The summed E-state index contributed by atoms with van der Waals surface area (Å²) in [4.78, 5) is 0. The third kappa shape index (κ3) is 2.19. The van der Waals surface area contributed by atoms with Gasteiger partial charge in [-0.2, -0.15) is 5.26 Å². The fourth-order valence-corrected chi connectivity index (χ4v) is 1.52. The van der Waals surface area contributed by atoms with Crippen LogP contribution >= 0.6 is 31.9 Å². The van der Waals surface area contributed by atoms with Crippen molar-refractivity contribution in [2.24, 2.45) is 5.41 Å². The lowest BCUT2D eigenvalue weighted by Crippen LogP contribution is -2.19. The number of rotatable bonds is 2. The molecule has 3 nitrogen and oxygen atoms in total. The molecule has 0 amide bonds. The molecule has 76 valence electrons. The molecule has 1 heterocycles. The fourth-order valence-electron chi connectivity index (χ4n) is 0.915. The third-order valence-corrected chi connectivity index (χ3v) is 3.62. The van der Waals surface area contributed by atoms with Crippen molar-refractivity contribution in [3.8, 4) is 6.07 Å². The molecule has 0 aliphatic rings. The second kappa shape index (κ2) is 4.05. The number of aliphatic hydroxyl groups is 1. The van der Waals surface area contributed by atoms with Crippen LogP contribution in [0, 0.1) is 16.7 Å². The number of furan rings is 1. The van der Waals surface area contributed by atoms with Gasteiger partial charge >= 0.3 is 0 Å². The van der Waals surface area contributed by atoms with Gasteiger partial charge in [0.1, 0.15) is 11.9 Å². The maximum absolute atomic E-state index is 9.83. The lowest BCUT2D eigenvalue weighted by molar-refractivity contribution is 0.0648. The summed E-state index contributed by atoms with van der Waals surface area (Å²) < 4.78 is 6.47. The van der Waals surface area contributed by atoms with Crippen LogP contribution in [0.15, 0.2) is 19.6 Å². The summed E-state index contributed by atoms with van der Waals surface area (Å²) in [5.74, 6) is 0.371. The molecular weight excluding hydrogens is 314 g/mol. The van der Waals surface area contributed by atoms with Crippen LogP contribution in [0.1, 0.15) is 25.7 Å². The minimum atomic E-state index is -0.935. The fraction of sp³-hybridized carbons (Fsp3) is 0.444. The maximum Gasteiger partial charge on any atom is 0.183 e. The number of nitrogens with zero attached hydrogens (tertiary/aromatic N) is 1. The average Bonchev–Trinajstić information content (AvgIpc) is 2.45. The van der Waals surface area contributed by atoms with Crippen LogP contribution < -0.4 is 0 Å². The highest BCUT2D eigenvalue weighted by Crippen LogP contribution is 2.37. The zero-order chi connectivity index (χ0) is 10.9. The van der Waals surface area contributed by atoms with Crippen LogP contribution in [-0.2, 0) is 0 Å². The van der Waals surface area contributed by atoms with Gasteiger partial charge in [0.05, 0.1) is 16.0 Å². The van der Waals surface area contributed by atoms with Crippen molar-refractivity contribution < 1.29 is 9.52 Å². The molecule has 0 bridgehead atoms. The Kier molecular flexibility index (Phi) is 3.40. The molecule has 0 saturated heterocycles. The van der Waals surface area contributed by atoms with E-state index >= 15 is 0 Å². The normalized spacial score (nSPS) is 13.7. The molecule has 14 heavy (non-hydrogen) atoms. The van der Waals surface area contributed by atoms with Crippen LogP contribution in [0.25, 0.3) is 0 Å². The van der Waals surface area contributed by atoms with E-state index in [1.54, 1.807) is 19.9 Å². The van der Waals surface area contributed by atoms with Gasteiger partial charge in [0, 0.05) is 0 Å². The zero-order valence-corrected chi connectivity index (χ0v) is 10.9. The minimum absolute atomic E-state index is 0.371. The van der Waals surface area contributed by atoms with E-state index in [1.807, 2.05) is 6.07 Å². The maximum atomic E-state index is 9.83. The molecule has 0 fully saturated rings. The first kappa shape index (κ1) is 11.8. The first-order valence-corrected chi connectivity index (χ1v) is 5.51. The van der Waals surface area contributed by atoms with Crippen molar-refractivity contribution in [1.29, 1.82) is 5.26 Å². The molecule has 5 heteroatoms. The Labute approximate surface area is 99.0 Å². The van der Waals surface area contributed by atoms with Gasteiger partial charge in [0.25, 0.3) is 0 Å². The van der Waals surface area contributed by atoms with Crippen molar-refractivity contribution in [1.82, 2.24) is 0 Å². The largest absolute Gasteiger partial charge is 0.450 e. The van der Waals surface area contributed by atoms with Gasteiger partial charge in [-0.3, -0.25) is 0 Å². The van der Waals surface area contributed by atoms with Crippen LogP contribution in [0.3, 0.4) is 0 Å². The van der Waals surface area contributed by atoms with Crippen molar-refractivity contribution in [2.45, 2.75) is 20.0 Å². The number of nitriles is 1. The molecule has 0 spiro atoms. The molecule has 1 rings (SSSR count). The highest BCUT2D eigenvalue weighted by atomic mass is 79.9. The van der Waals surface area contributed by atoms with Gasteiger partial charge < -0.3 is 9.52 Å². The molecule has 0 saturated carbocycles. The molecule has 1 atom stereocenters. The van der Waals surface area contributed by atoms with Crippen molar-refractivity contribution in [3.63, 3.8) is 0 Å². The van der Waals surface area contributed by atoms with Gasteiger partial charge in [-0.05, 0) is 51.8 Å². The van der Waals surface area contributed by atoms with Crippen molar-refractivity contribution >= 4 is 31.9 Å². The third-order valence-electron chi connectivity index (χ3n) is 1.91. The second-order valence-corrected chi connectivity index (χ2v) is 5.08. The summed E-state index contributed by atoms with van der Waals surface area (Å²) in [7, 11) is 0. The van der Waals surface area contributed by atoms with E-state index in [9.17, 15) is 5.11 Å². The molecule has 0 aliphatic carbocycles. The summed E-state index contributed by atoms with van der Waals surface area (Å²) in [6, 6.07) is 3.67. The molecule has 1 aromatic heterocycles. The van der Waals surface area contributed by atoms with Gasteiger partial charge in [-0.15, -0.1) is 0 Å². The lowest BCUT2D eigenvalue weighted by atomic mass is 9.87. The first-order chi connectivity index (χ1) is 6.38. The smallest absolute Gasteiger partial charge is 0.183 e. The standard InChI is InChI=1S/C9H9Br2NO2/c1-9(2,4-12)7(13)6-3-5(10)8(11)14-6/h3,7,13H,1-2H3. The monoisotopic (exact) mass is 321 g/mol. The molecule has 0 aliphatic heterocycles. The Hall–Kier alpha value is -0.310. The summed E-state index contributed by atoms with van der Waals surface area (Å²) in [6.07, 6.45) is -0.935. The average molecular weight is 323 g/mol. The Balaban J connectivity index is 3.02. The Morgan fingerprint density at radius 2 is 2.14 bits per heavy atom. The number of hydrogen-bond donors (Lipinski definition) is 1. The van der Waals surface area contributed by atoms with Gasteiger partial charge in [0.15, 0.2) is 4.67 Å². The molecule has 1 aromatic rings. The lowest BCUT2D eigenvalue weighted by Gasteiger charge is -2.20. The van der Waals surface area contributed by atoms with E-state index in [4.69, 9.17) is 9.68 Å². The van der Waals surface area contributed by atoms with Crippen LogP contribution in [0.4, 0.5) is 0 Å². The van der Waals surface area contributed by atoms with Gasteiger partial charge in [-0.25, -0.2) is 0 Å². The molecular formula is C9H9Br2NO2. The van der Waals surface area contributed by atoms with Crippen molar-refractivity contribution in [3.05, 3.63) is 21.0 Å². The SMILES string of the molecule is CC(C)(C#N)C(O)c1cc(Br)c(Br)o1. The van der Waals surface area contributed by atoms with Gasteiger partial charge in [-0.1, -0.05) is 0 Å². The quantitative estimate of drug-likeness (QED) is 0.908. The van der Waals surface area contributed by atoms with E-state index < -0.39 is 11.5 Å². The Morgan fingerprint density at radius 3 is 2.50 bits per heavy atom. The van der Waals surface area contributed by atoms with E-state index in [0.29, 0.717) is 10.4 Å². The topological polar surface area (TPSA) is 57.2 Å². The predicted molar refractivity (Wildman–Crippen MR) is 58.5 cm³/mol. The summed E-state index contributed by atoms with van der Waals surface area (Å²) in [5.41, 5.74) is -0.864. The Bertz CT molecular complexity index is 359. The number of hydrogen-bond acceptors (Lipinski definition) is 3. The summed E-state index contributed by atoms with van der Waals surface area (Å²) in [6.45, 7) is 3.31. The van der Waals surface area contributed by atoms with E-state index in [-0.39, 0.29) is 0 Å². The predicted octanol–water partition coefficient (Wildman–Crippen LogP) is 3.39. The zero-order valence-electron chi connectivity index (χ0n) is 7.71. The number of halogens is 2. The van der Waals surface area contributed by atoms with Crippen LogP contribution in [0.2, 0.25) is 0 Å². The summed E-state index contributed by atoms with van der Waals surface area (Å²) >= 11 is 6.40. The van der Waals surface area contributed by atoms with Gasteiger partial charge in [0.2, 0.25) is 0 Å². The molecule has 0 radical (unpaired) electrons. The van der Waals surface area contributed by atoms with Crippen molar-refractivity contribution in [2.75, 3.05) is 0 Å². The van der Waals surface area contributed by atoms with Crippen LogP contribution in [0.5, 0.6) is 0 Å².